The van der Waals surface area contributed by atoms with Gasteiger partial charge >= 0.3 is 6.09 Å². The molecule has 2 amide bonds. The normalized spacial score (nSPS) is 10.3. The van der Waals surface area contributed by atoms with Crippen LogP contribution >= 0.6 is 0 Å². The van der Waals surface area contributed by atoms with Gasteiger partial charge in [-0.25, -0.2) is 4.79 Å². The van der Waals surface area contributed by atoms with Crippen LogP contribution in [-0.4, -0.2) is 57.4 Å². The highest BCUT2D eigenvalue weighted by Crippen LogP contribution is 2.15. The Hall–Kier alpha value is -2.90. The minimum absolute atomic E-state index is 0.163. The summed E-state index contributed by atoms with van der Waals surface area (Å²) in [5.74, 6) is 0.275. The zero-order valence-electron chi connectivity index (χ0n) is 15.5. The lowest BCUT2D eigenvalue weighted by molar-refractivity contribution is 0.0627. The van der Waals surface area contributed by atoms with Crippen molar-refractivity contribution in [3.8, 4) is 5.75 Å². The van der Waals surface area contributed by atoms with Crippen LogP contribution in [0.5, 0.6) is 5.75 Å². The molecule has 0 saturated carbocycles. The van der Waals surface area contributed by atoms with Crippen LogP contribution in [0.4, 0.5) is 10.5 Å². The lowest BCUT2D eigenvalue weighted by atomic mass is 10.1. The second kappa shape index (κ2) is 10.9. The van der Waals surface area contributed by atoms with Gasteiger partial charge in [0.1, 0.15) is 5.75 Å². The van der Waals surface area contributed by atoms with E-state index in [1.54, 1.807) is 67.7 Å². The van der Waals surface area contributed by atoms with Gasteiger partial charge in [0.2, 0.25) is 0 Å². The number of anilines is 1. The molecule has 2 rings (SSSR count). The number of hydrogen-bond donors (Lipinski definition) is 1. The van der Waals surface area contributed by atoms with E-state index in [0.717, 1.165) is 0 Å². The number of carbonyl (C=O) groups excluding carboxylic acids is 2. The summed E-state index contributed by atoms with van der Waals surface area (Å²) in [6, 6.07) is 15.5. The van der Waals surface area contributed by atoms with Gasteiger partial charge in [-0.2, -0.15) is 0 Å². The minimum atomic E-state index is -0.624. The Kier molecular flexibility index (Phi) is 8.28. The molecule has 7 nitrogen and oxygen atoms in total. The van der Waals surface area contributed by atoms with E-state index in [0.29, 0.717) is 43.3 Å². The van der Waals surface area contributed by atoms with Gasteiger partial charge in [-0.15, -0.1) is 0 Å². The van der Waals surface area contributed by atoms with Crippen LogP contribution in [-0.2, 0) is 9.47 Å². The summed E-state index contributed by atoms with van der Waals surface area (Å²) >= 11 is 0. The van der Waals surface area contributed by atoms with E-state index in [9.17, 15) is 9.59 Å². The fraction of sp³-hybridized carbons (Fsp3) is 0.300. The molecule has 0 unspecified atom stereocenters. The van der Waals surface area contributed by atoms with Crippen LogP contribution in [0.1, 0.15) is 10.4 Å². The molecule has 0 spiro atoms. The summed E-state index contributed by atoms with van der Waals surface area (Å²) in [6.07, 6.45) is -0.624. The Morgan fingerprint density at radius 3 is 2.22 bits per heavy atom. The predicted octanol–water partition coefficient (Wildman–Crippen LogP) is 3.03. The molecule has 0 aromatic heterocycles. The van der Waals surface area contributed by atoms with E-state index < -0.39 is 6.09 Å². The van der Waals surface area contributed by atoms with Crippen molar-refractivity contribution in [3.63, 3.8) is 0 Å². The zero-order valence-corrected chi connectivity index (χ0v) is 15.5. The number of ether oxygens (including phenoxy) is 3. The summed E-state index contributed by atoms with van der Waals surface area (Å²) < 4.78 is 15.3. The van der Waals surface area contributed by atoms with Gasteiger partial charge in [0, 0.05) is 38.6 Å². The maximum Gasteiger partial charge on any atom is 0.417 e. The van der Waals surface area contributed by atoms with Gasteiger partial charge < -0.3 is 19.1 Å². The summed E-state index contributed by atoms with van der Waals surface area (Å²) in [5.41, 5.74) is 0.930. The third kappa shape index (κ3) is 6.73. The molecular weight excluding hydrogens is 348 g/mol. The molecule has 2 aromatic rings. The van der Waals surface area contributed by atoms with Gasteiger partial charge in [-0.1, -0.05) is 24.3 Å². The number of benzene rings is 2. The van der Waals surface area contributed by atoms with Crippen molar-refractivity contribution in [2.24, 2.45) is 0 Å². The molecular formula is C20H24N2O5. The molecule has 144 valence electrons. The van der Waals surface area contributed by atoms with Gasteiger partial charge in [-0.05, 0) is 30.3 Å². The molecule has 0 radical (unpaired) electrons. The molecule has 7 heteroatoms. The van der Waals surface area contributed by atoms with Crippen molar-refractivity contribution >= 4 is 17.7 Å². The summed E-state index contributed by atoms with van der Waals surface area (Å²) in [7, 11) is 3.17. The highest BCUT2D eigenvalue weighted by atomic mass is 16.6. The maximum atomic E-state index is 12.8. The molecule has 1 N–H and O–H groups in total. The predicted molar refractivity (Wildman–Crippen MR) is 102 cm³/mol. The van der Waals surface area contributed by atoms with Crippen LogP contribution in [0.2, 0.25) is 0 Å². The Morgan fingerprint density at radius 2 is 1.59 bits per heavy atom. The molecule has 0 aliphatic carbocycles. The van der Waals surface area contributed by atoms with Crippen molar-refractivity contribution in [1.29, 1.82) is 0 Å². The summed E-state index contributed by atoms with van der Waals surface area (Å²) in [5, 5.41) is 2.63. The number of methoxy groups -OCH3 is 2. The molecule has 2 aromatic carbocycles. The average molecular weight is 372 g/mol. The van der Waals surface area contributed by atoms with Crippen LogP contribution in [0.3, 0.4) is 0 Å². The van der Waals surface area contributed by atoms with Crippen LogP contribution in [0.25, 0.3) is 0 Å². The first-order valence-corrected chi connectivity index (χ1v) is 8.55. The Bertz CT molecular complexity index is 728. The SMILES string of the molecule is COCCN(CCOC)C(=O)c1cccc(NC(=O)Oc2ccccc2)c1. The minimum Gasteiger partial charge on any atom is -0.410 e. The van der Waals surface area contributed by atoms with Crippen molar-refractivity contribution in [3.05, 3.63) is 60.2 Å². The standard InChI is InChI=1S/C20H24N2O5/c1-25-13-11-22(12-14-26-2)19(23)16-7-6-8-17(15-16)21-20(24)27-18-9-4-3-5-10-18/h3-10,15H,11-14H2,1-2H3,(H,21,24). The molecule has 0 atom stereocenters. The zero-order chi connectivity index (χ0) is 19.5. The first-order valence-electron chi connectivity index (χ1n) is 8.55. The Labute approximate surface area is 158 Å². The largest absolute Gasteiger partial charge is 0.417 e. The monoisotopic (exact) mass is 372 g/mol. The second-order valence-corrected chi connectivity index (χ2v) is 5.69. The number of carbonyl (C=O) groups is 2. The van der Waals surface area contributed by atoms with E-state index in [-0.39, 0.29) is 5.91 Å². The number of rotatable bonds is 9. The highest BCUT2D eigenvalue weighted by molar-refractivity contribution is 5.96. The number of para-hydroxylation sites is 1. The fourth-order valence-corrected chi connectivity index (χ4v) is 2.37. The highest BCUT2D eigenvalue weighted by Gasteiger charge is 2.16. The molecule has 0 aliphatic heterocycles. The Balaban J connectivity index is 2.03. The van der Waals surface area contributed by atoms with Crippen LogP contribution in [0, 0.1) is 0 Å². The summed E-state index contributed by atoms with van der Waals surface area (Å²) in [6.45, 7) is 1.76. The number of nitrogens with one attached hydrogen (secondary N) is 1. The Morgan fingerprint density at radius 1 is 0.926 bits per heavy atom. The molecule has 0 heterocycles. The van der Waals surface area contributed by atoms with Gasteiger partial charge in [0.05, 0.1) is 13.2 Å². The maximum absolute atomic E-state index is 12.8. The lowest BCUT2D eigenvalue weighted by Gasteiger charge is -2.22. The van der Waals surface area contributed by atoms with Crippen molar-refractivity contribution in [2.75, 3.05) is 45.8 Å². The van der Waals surface area contributed by atoms with Crippen molar-refractivity contribution in [1.82, 2.24) is 4.90 Å². The number of amides is 2. The molecule has 0 fully saturated rings. The quantitative estimate of drug-likeness (QED) is 0.732. The third-order valence-corrected chi connectivity index (χ3v) is 3.73. The first-order chi connectivity index (χ1) is 13.1. The van der Waals surface area contributed by atoms with Crippen LogP contribution in [0.15, 0.2) is 54.6 Å². The number of nitrogens with zero attached hydrogens (tertiary/aromatic N) is 1. The third-order valence-electron chi connectivity index (χ3n) is 3.73. The molecule has 0 bridgehead atoms. The van der Waals surface area contributed by atoms with Crippen molar-refractivity contribution < 1.29 is 23.8 Å². The average Bonchev–Trinajstić information content (AvgIpc) is 2.68. The van der Waals surface area contributed by atoms with Crippen molar-refractivity contribution in [2.45, 2.75) is 0 Å². The van der Waals surface area contributed by atoms with Gasteiger partial charge in [-0.3, -0.25) is 10.1 Å². The first kappa shape index (κ1) is 20.4. The summed E-state index contributed by atoms with van der Waals surface area (Å²) in [4.78, 5) is 26.4. The number of hydrogen-bond acceptors (Lipinski definition) is 5. The molecule has 0 aliphatic rings. The smallest absolute Gasteiger partial charge is 0.410 e. The van der Waals surface area contributed by atoms with E-state index in [2.05, 4.69) is 5.32 Å². The topological polar surface area (TPSA) is 77.1 Å². The second-order valence-electron chi connectivity index (χ2n) is 5.69. The molecule has 0 saturated heterocycles. The van der Waals surface area contributed by atoms with Gasteiger partial charge in [0.25, 0.3) is 5.91 Å². The van der Waals surface area contributed by atoms with E-state index in [4.69, 9.17) is 14.2 Å². The lowest BCUT2D eigenvalue weighted by Crippen LogP contribution is -2.36. The van der Waals surface area contributed by atoms with E-state index in [1.165, 1.54) is 0 Å². The van der Waals surface area contributed by atoms with Crippen LogP contribution < -0.4 is 10.1 Å². The fourth-order valence-electron chi connectivity index (χ4n) is 2.37. The molecule has 27 heavy (non-hydrogen) atoms. The van der Waals surface area contributed by atoms with E-state index >= 15 is 0 Å². The van der Waals surface area contributed by atoms with E-state index in [1.807, 2.05) is 6.07 Å². The van der Waals surface area contributed by atoms with Gasteiger partial charge in [0.15, 0.2) is 0 Å².